The molecular weight excluding hydrogens is 318 g/mol. The Morgan fingerprint density at radius 1 is 1.12 bits per heavy atom. The molecule has 1 aromatic carbocycles. The Morgan fingerprint density at radius 3 is 2.56 bits per heavy atom. The predicted octanol–water partition coefficient (Wildman–Crippen LogP) is 1.82. The monoisotopic (exact) mass is 350 g/mol. The van der Waals surface area contributed by atoms with Gasteiger partial charge in [0.05, 0.1) is 20.3 Å². The van der Waals surface area contributed by atoms with Gasteiger partial charge >= 0.3 is 0 Å². The van der Waals surface area contributed by atoms with Crippen molar-refractivity contribution in [2.75, 3.05) is 46.6 Å². The van der Waals surface area contributed by atoms with Crippen LogP contribution in [0.2, 0.25) is 0 Å². The smallest absolute Gasteiger partial charge is 0.161 e. The van der Waals surface area contributed by atoms with Crippen molar-refractivity contribution in [2.24, 2.45) is 0 Å². The van der Waals surface area contributed by atoms with E-state index in [0.29, 0.717) is 25.4 Å². The fourth-order valence-corrected chi connectivity index (χ4v) is 3.22. The average Bonchev–Trinajstić information content (AvgIpc) is 2.58. The molecule has 5 nitrogen and oxygen atoms in total. The van der Waals surface area contributed by atoms with Gasteiger partial charge in [-0.05, 0) is 38.5 Å². The van der Waals surface area contributed by atoms with Crippen LogP contribution in [0, 0.1) is 0 Å². The summed E-state index contributed by atoms with van der Waals surface area (Å²) < 4.78 is 22.7. The zero-order valence-electron chi connectivity index (χ0n) is 15.9. The van der Waals surface area contributed by atoms with E-state index in [1.165, 1.54) is 0 Å². The highest BCUT2D eigenvalue weighted by atomic mass is 16.5. The maximum absolute atomic E-state index is 5.79. The molecule has 1 aromatic rings. The largest absolute Gasteiger partial charge is 0.493 e. The molecule has 0 saturated carbocycles. The maximum Gasteiger partial charge on any atom is 0.161 e. The van der Waals surface area contributed by atoms with Gasteiger partial charge in [-0.25, -0.2) is 0 Å². The summed E-state index contributed by atoms with van der Waals surface area (Å²) in [6.07, 6.45) is 4.70. The molecule has 0 amide bonds. The average molecular weight is 350 g/mol. The molecule has 1 N–H and O–H groups in total. The summed E-state index contributed by atoms with van der Waals surface area (Å²) in [6, 6.07) is 5.93. The van der Waals surface area contributed by atoms with E-state index >= 15 is 0 Å². The van der Waals surface area contributed by atoms with Crippen molar-refractivity contribution in [3.8, 4) is 11.5 Å². The number of hydrogen-bond acceptors (Lipinski definition) is 4. The van der Waals surface area contributed by atoms with Gasteiger partial charge in [-0.15, -0.1) is 0 Å². The van der Waals surface area contributed by atoms with Gasteiger partial charge in [-0.2, -0.15) is 0 Å². The van der Waals surface area contributed by atoms with Crippen molar-refractivity contribution in [1.29, 1.82) is 0 Å². The van der Waals surface area contributed by atoms with Crippen molar-refractivity contribution in [1.82, 2.24) is 0 Å². The third-order valence-corrected chi connectivity index (χ3v) is 4.25. The number of quaternary nitrogens is 1. The van der Waals surface area contributed by atoms with Crippen LogP contribution in [0.25, 0.3) is 6.08 Å². The molecular formula is C20H32NO4+. The number of rotatable bonds is 9. The van der Waals surface area contributed by atoms with Crippen LogP contribution in [0.3, 0.4) is 0 Å². The van der Waals surface area contributed by atoms with Crippen molar-refractivity contribution >= 4 is 6.08 Å². The zero-order valence-corrected chi connectivity index (χ0v) is 15.9. The fraction of sp³-hybridized carbons (Fsp3) is 0.600. The second-order valence-corrected chi connectivity index (χ2v) is 6.54. The molecule has 1 aliphatic rings. The highest BCUT2D eigenvalue weighted by Crippen LogP contribution is 2.28. The Balaban J connectivity index is 1.66. The molecule has 5 heteroatoms. The van der Waals surface area contributed by atoms with Gasteiger partial charge in [0.25, 0.3) is 0 Å². The van der Waals surface area contributed by atoms with Crippen LogP contribution >= 0.6 is 0 Å². The molecule has 1 fully saturated rings. The number of ether oxygens (including phenoxy) is 4. The van der Waals surface area contributed by atoms with E-state index in [4.69, 9.17) is 18.9 Å². The predicted molar refractivity (Wildman–Crippen MR) is 99.6 cm³/mol. The van der Waals surface area contributed by atoms with E-state index in [1.807, 2.05) is 37.3 Å². The third-order valence-electron chi connectivity index (χ3n) is 4.25. The molecule has 1 unspecified atom stereocenters. The molecule has 0 aliphatic carbocycles. The first-order valence-electron chi connectivity index (χ1n) is 9.12. The summed E-state index contributed by atoms with van der Waals surface area (Å²) in [7, 11) is 1.66. The van der Waals surface area contributed by atoms with Gasteiger partial charge < -0.3 is 23.8 Å². The van der Waals surface area contributed by atoms with Gasteiger partial charge in [0.15, 0.2) is 11.5 Å². The summed E-state index contributed by atoms with van der Waals surface area (Å²) in [5.41, 5.74) is 1.10. The molecule has 0 spiro atoms. The van der Waals surface area contributed by atoms with E-state index in [0.717, 1.165) is 43.3 Å². The van der Waals surface area contributed by atoms with Crippen LogP contribution in [0.15, 0.2) is 24.3 Å². The molecule has 0 radical (unpaired) electrons. The molecule has 2 rings (SSSR count). The minimum atomic E-state index is 0.333. The number of allylic oxidation sites excluding steroid dienone is 1. The van der Waals surface area contributed by atoms with Gasteiger partial charge in [0.2, 0.25) is 0 Å². The summed E-state index contributed by atoms with van der Waals surface area (Å²) in [5, 5.41) is 0. The van der Waals surface area contributed by atoms with E-state index < -0.39 is 0 Å². The molecule has 1 saturated heterocycles. The topological polar surface area (TPSA) is 41.4 Å². The zero-order chi connectivity index (χ0) is 18.1. The van der Waals surface area contributed by atoms with Crippen molar-refractivity contribution in [3.63, 3.8) is 0 Å². The number of nitrogens with one attached hydrogen (secondary N) is 1. The third kappa shape index (κ3) is 6.69. The molecule has 0 aromatic heterocycles. The van der Waals surface area contributed by atoms with Crippen LogP contribution in [0.4, 0.5) is 0 Å². The lowest BCUT2D eigenvalue weighted by Crippen LogP contribution is -3.15. The van der Waals surface area contributed by atoms with Crippen LogP contribution in [-0.4, -0.2) is 58.8 Å². The summed E-state index contributed by atoms with van der Waals surface area (Å²) >= 11 is 0. The van der Waals surface area contributed by atoms with Gasteiger partial charge in [-0.1, -0.05) is 18.2 Å². The Hall–Kier alpha value is -1.56. The van der Waals surface area contributed by atoms with Crippen molar-refractivity contribution in [2.45, 2.75) is 33.0 Å². The van der Waals surface area contributed by atoms with E-state index in [1.54, 1.807) is 12.0 Å². The maximum atomic E-state index is 5.79. The van der Waals surface area contributed by atoms with E-state index in [9.17, 15) is 0 Å². The lowest BCUT2D eigenvalue weighted by molar-refractivity contribution is -0.915. The van der Waals surface area contributed by atoms with Crippen LogP contribution < -0.4 is 14.4 Å². The lowest BCUT2D eigenvalue weighted by Gasteiger charge is -2.32. The number of methoxy groups -OCH3 is 1. The summed E-state index contributed by atoms with van der Waals surface area (Å²) in [6.45, 7) is 11.2. The Morgan fingerprint density at radius 2 is 1.88 bits per heavy atom. The fourth-order valence-electron chi connectivity index (χ4n) is 3.22. The summed E-state index contributed by atoms with van der Waals surface area (Å²) in [4.78, 5) is 1.55. The molecule has 25 heavy (non-hydrogen) atoms. The number of morpholine rings is 1. The normalized spacial score (nSPS) is 23.8. The van der Waals surface area contributed by atoms with Gasteiger partial charge in [-0.3, -0.25) is 0 Å². The standard InChI is InChI=1S/C20H31NO4/c1-5-6-18-7-8-19(20(13-18)22-4)24-12-11-23-10-9-21-14-16(2)25-17(3)15-21/h5-8,13,16-17H,9-12,14-15H2,1-4H3/p+1/b6-5+/t16-,17+. The second kappa shape index (κ2) is 10.4. The lowest BCUT2D eigenvalue weighted by atomic mass is 10.2. The Bertz CT molecular complexity index is 536. The van der Waals surface area contributed by atoms with Crippen LogP contribution in [-0.2, 0) is 9.47 Å². The number of benzene rings is 1. The minimum Gasteiger partial charge on any atom is -0.493 e. The first kappa shape index (κ1) is 19.8. The van der Waals surface area contributed by atoms with E-state index in [-0.39, 0.29) is 0 Å². The van der Waals surface area contributed by atoms with Crippen LogP contribution in [0.1, 0.15) is 26.3 Å². The molecule has 1 aliphatic heterocycles. The van der Waals surface area contributed by atoms with Gasteiger partial charge in [0.1, 0.15) is 38.4 Å². The highest BCUT2D eigenvalue weighted by Gasteiger charge is 2.24. The first-order chi connectivity index (χ1) is 12.1. The highest BCUT2D eigenvalue weighted by molar-refractivity contribution is 5.55. The second-order valence-electron chi connectivity index (χ2n) is 6.54. The van der Waals surface area contributed by atoms with Crippen molar-refractivity contribution < 1.29 is 23.8 Å². The minimum absolute atomic E-state index is 0.333. The first-order valence-corrected chi connectivity index (χ1v) is 9.12. The molecule has 1 heterocycles. The molecule has 140 valence electrons. The summed E-state index contributed by atoms with van der Waals surface area (Å²) in [5.74, 6) is 1.50. The SMILES string of the molecule is C/C=C/c1ccc(OCCOCC[NH+]2C[C@@H](C)O[C@@H](C)C2)c(OC)c1. The van der Waals surface area contributed by atoms with Crippen molar-refractivity contribution in [3.05, 3.63) is 29.8 Å². The Labute approximate surface area is 151 Å². The quantitative estimate of drug-likeness (QED) is 0.690. The number of hydrogen-bond donors (Lipinski definition) is 1. The van der Waals surface area contributed by atoms with E-state index in [2.05, 4.69) is 13.8 Å². The van der Waals surface area contributed by atoms with Crippen LogP contribution in [0.5, 0.6) is 11.5 Å². The Kier molecular flexibility index (Phi) is 8.25. The molecule has 3 atom stereocenters. The van der Waals surface area contributed by atoms with Gasteiger partial charge in [0, 0.05) is 0 Å². The molecule has 0 bridgehead atoms.